The molecule has 0 N–H and O–H groups in total. The lowest BCUT2D eigenvalue weighted by Gasteiger charge is -2.29. The van der Waals surface area contributed by atoms with Crippen molar-refractivity contribution in [3.05, 3.63) is 123 Å². The molecule has 5 rings (SSSR count). The average molecular weight is 602 g/mol. The predicted molar refractivity (Wildman–Crippen MR) is 151 cm³/mol. The molecule has 2 heterocycles. The molecule has 1 aliphatic rings. The first-order valence-electron chi connectivity index (χ1n) is 12.8. The van der Waals surface area contributed by atoms with Gasteiger partial charge in [-0.1, -0.05) is 53.5 Å². The molecule has 41 heavy (non-hydrogen) atoms. The number of aromatic nitrogens is 1. The molecule has 1 saturated heterocycles. The molecule has 1 fully saturated rings. The van der Waals surface area contributed by atoms with Crippen molar-refractivity contribution in [3.63, 3.8) is 0 Å². The van der Waals surface area contributed by atoms with Crippen LogP contribution in [0.15, 0.2) is 85.1 Å². The molecule has 0 spiro atoms. The summed E-state index contributed by atoms with van der Waals surface area (Å²) in [7, 11) is 1.81. The molecule has 3 aromatic carbocycles. The molecule has 2 atom stereocenters. The Bertz CT molecular complexity index is 1550. The van der Waals surface area contributed by atoms with Crippen LogP contribution < -0.4 is 0 Å². The van der Waals surface area contributed by atoms with Crippen LogP contribution in [0.2, 0.25) is 10.0 Å². The normalized spacial score (nSPS) is 17.3. The zero-order valence-corrected chi connectivity index (χ0v) is 23.4. The zero-order valence-electron chi connectivity index (χ0n) is 21.9. The second kappa shape index (κ2) is 11.8. The van der Waals surface area contributed by atoms with Gasteiger partial charge in [-0.05, 0) is 66.7 Å². The summed E-state index contributed by atoms with van der Waals surface area (Å²) in [5.74, 6) is -1.65. The van der Waals surface area contributed by atoms with Crippen LogP contribution in [-0.2, 0) is 12.7 Å². The topological polar surface area (TPSA) is 36.4 Å². The van der Waals surface area contributed by atoms with Gasteiger partial charge in [0.2, 0.25) is 0 Å². The minimum Gasteiger partial charge on any atom is -0.336 e. The summed E-state index contributed by atoms with van der Waals surface area (Å²) in [6, 6.07) is 20.9. The SMILES string of the molecule is CN(Cc1ccc(C(F)(F)F)c(F)c1)[C@@H]1CN(C(=O)c2ccc(-c3ccccn3)cc2)C[C@@H]1c1ccc(Cl)c(Cl)c1. The molecule has 1 amide bonds. The first-order valence-corrected chi connectivity index (χ1v) is 13.6. The highest BCUT2D eigenvalue weighted by atomic mass is 35.5. The fourth-order valence-corrected chi connectivity index (χ4v) is 5.57. The van der Waals surface area contributed by atoms with Crippen molar-refractivity contribution in [2.45, 2.75) is 24.7 Å². The monoisotopic (exact) mass is 601 g/mol. The number of hydrogen-bond acceptors (Lipinski definition) is 3. The lowest BCUT2D eigenvalue weighted by molar-refractivity contribution is -0.140. The Hall–Kier alpha value is -3.46. The predicted octanol–water partition coefficient (Wildman–Crippen LogP) is 7.95. The number of likely N-dealkylation sites (N-methyl/N-ethyl adjacent to an activating group) is 1. The summed E-state index contributed by atoms with van der Waals surface area (Å²) < 4.78 is 53.4. The number of carbonyl (C=O) groups is 1. The average Bonchev–Trinajstić information content (AvgIpc) is 3.40. The maximum atomic E-state index is 14.3. The maximum Gasteiger partial charge on any atom is 0.419 e. The van der Waals surface area contributed by atoms with Crippen LogP contribution in [-0.4, -0.2) is 46.9 Å². The van der Waals surface area contributed by atoms with Gasteiger partial charge in [0.15, 0.2) is 0 Å². The van der Waals surface area contributed by atoms with Crippen molar-refractivity contribution in [1.82, 2.24) is 14.8 Å². The van der Waals surface area contributed by atoms with Crippen LogP contribution in [0.25, 0.3) is 11.3 Å². The number of rotatable bonds is 6. The molecular formula is C31H25Cl2F4N3O. The van der Waals surface area contributed by atoms with Crippen LogP contribution in [0.5, 0.6) is 0 Å². The van der Waals surface area contributed by atoms with Crippen LogP contribution in [0, 0.1) is 5.82 Å². The molecule has 0 unspecified atom stereocenters. The van der Waals surface area contributed by atoms with Gasteiger partial charge in [-0.15, -0.1) is 0 Å². The molecule has 212 valence electrons. The number of likely N-dealkylation sites (tertiary alicyclic amines) is 1. The first kappa shape index (κ1) is 29.0. The summed E-state index contributed by atoms with van der Waals surface area (Å²) in [6.07, 6.45) is -3.06. The Morgan fingerprint density at radius 2 is 1.73 bits per heavy atom. The van der Waals surface area contributed by atoms with Gasteiger partial charge < -0.3 is 4.90 Å². The molecular weight excluding hydrogens is 577 g/mol. The second-order valence-corrected chi connectivity index (χ2v) is 10.9. The van der Waals surface area contributed by atoms with E-state index in [1.165, 1.54) is 6.07 Å². The summed E-state index contributed by atoms with van der Waals surface area (Å²) in [4.78, 5) is 21.6. The fraction of sp³-hybridized carbons (Fsp3) is 0.226. The van der Waals surface area contributed by atoms with Crippen molar-refractivity contribution in [2.75, 3.05) is 20.1 Å². The number of pyridine rings is 1. The molecule has 1 aliphatic heterocycles. The van der Waals surface area contributed by atoms with E-state index >= 15 is 0 Å². The van der Waals surface area contributed by atoms with Gasteiger partial charge in [0.1, 0.15) is 5.82 Å². The van der Waals surface area contributed by atoms with E-state index < -0.39 is 17.6 Å². The maximum absolute atomic E-state index is 14.3. The highest BCUT2D eigenvalue weighted by Crippen LogP contribution is 2.36. The number of carbonyl (C=O) groups excluding carboxylic acids is 1. The highest BCUT2D eigenvalue weighted by Gasteiger charge is 2.39. The first-order chi connectivity index (χ1) is 19.5. The fourth-order valence-electron chi connectivity index (χ4n) is 5.26. The number of hydrogen-bond donors (Lipinski definition) is 0. The number of alkyl halides is 3. The molecule has 0 saturated carbocycles. The van der Waals surface area contributed by atoms with Crippen molar-refractivity contribution in [3.8, 4) is 11.3 Å². The van der Waals surface area contributed by atoms with Gasteiger partial charge in [-0.2, -0.15) is 13.2 Å². The second-order valence-electron chi connectivity index (χ2n) is 10.1. The van der Waals surface area contributed by atoms with Crippen molar-refractivity contribution >= 4 is 29.1 Å². The number of nitrogens with zero attached hydrogens (tertiary/aromatic N) is 3. The van der Waals surface area contributed by atoms with Gasteiger partial charge in [0.25, 0.3) is 5.91 Å². The minimum absolute atomic E-state index is 0.154. The van der Waals surface area contributed by atoms with E-state index in [2.05, 4.69) is 4.98 Å². The third-order valence-corrected chi connectivity index (χ3v) is 8.12. The summed E-state index contributed by atoms with van der Waals surface area (Å²) in [6.45, 7) is 0.916. The lowest BCUT2D eigenvalue weighted by atomic mass is 9.93. The van der Waals surface area contributed by atoms with Crippen molar-refractivity contribution in [2.24, 2.45) is 0 Å². The van der Waals surface area contributed by atoms with Crippen LogP contribution in [0.1, 0.15) is 33.0 Å². The Morgan fingerprint density at radius 1 is 0.976 bits per heavy atom. The Balaban J connectivity index is 1.39. The van der Waals surface area contributed by atoms with Crippen molar-refractivity contribution in [1.29, 1.82) is 0 Å². The van der Waals surface area contributed by atoms with E-state index in [0.717, 1.165) is 29.0 Å². The molecule has 1 aromatic heterocycles. The standard InChI is InChI=1S/C31H25Cl2F4N3O/c1-39(16-19-5-11-24(27(34)14-19)31(35,36)37)29-18-40(17-23(29)22-10-12-25(32)26(33)15-22)30(41)21-8-6-20(7-9-21)28-4-2-3-13-38-28/h2-15,23,29H,16-18H2,1H3/t23-,29-/m1/s1. The van der Waals surface area contributed by atoms with Gasteiger partial charge in [-0.3, -0.25) is 14.7 Å². The van der Waals surface area contributed by atoms with Crippen molar-refractivity contribution < 1.29 is 22.4 Å². The summed E-state index contributed by atoms with van der Waals surface area (Å²) in [5, 5.41) is 0.782. The number of amides is 1. The van der Waals surface area contributed by atoms with E-state index in [1.807, 2.05) is 41.3 Å². The van der Waals surface area contributed by atoms with E-state index in [0.29, 0.717) is 34.3 Å². The van der Waals surface area contributed by atoms with E-state index in [9.17, 15) is 22.4 Å². The minimum atomic E-state index is -4.77. The zero-order chi connectivity index (χ0) is 29.3. The van der Waals surface area contributed by atoms with Crippen LogP contribution >= 0.6 is 23.2 Å². The molecule has 0 aliphatic carbocycles. The largest absolute Gasteiger partial charge is 0.419 e. The molecule has 4 aromatic rings. The number of halogens is 6. The molecule has 0 radical (unpaired) electrons. The smallest absolute Gasteiger partial charge is 0.336 e. The molecule has 4 nitrogen and oxygen atoms in total. The third-order valence-electron chi connectivity index (χ3n) is 7.38. The Labute approximate surface area is 245 Å². The van der Waals surface area contributed by atoms with E-state index in [4.69, 9.17) is 23.2 Å². The van der Waals surface area contributed by atoms with Gasteiger partial charge in [0.05, 0.1) is 21.3 Å². The summed E-state index contributed by atoms with van der Waals surface area (Å²) >= 11 is 12.5. The quantitative estimate of drug-likeness (QED) is 0.210. The summed E-state index contributed by atoms with van der Waals surface area (Å²) in [5.41, 5.74) is 2.17. The Kier molecular flexibility index (Phi) is 8.36. The lowest BCUT2D eigenvalue weighted by Crippen LogP contribution is -2.38. The van der Waals surface area contributed by atoms with Gasteiger partial charge in [-0.25, -0.2) is 4.39 Å². The van der Waals surface area contributed by atoms with E-state index in [1.54, 1.807) is 42.4 Å². The molecule has 10 heteroatoms. The van der Waals surface area contributed by atoms with Gasteiger partial charge in [0, 0.05) is 48.9 Å². The van der Waals surface area contributed by atoms with E-state index in [-0.39, 0.29) is 24.4 Å². The highest BCUT2D eigenvalue weighted by molar-refractivity contribution is 6.42. The third kappa shape index (κ3) is 6.40. The van der Waals surface area contributed by atoms with Gasteiger partial charge >= 0.3 is 6.18 Å². The molecule has 0 bridgehead atoms. The van der Waals surface area contributed by atoms with Crippen LogP contribution in [0.4, 0.5) is 17.6 Å². The Morgan fingerprint density at radius 3 is 2.37 bits per heavy atom. The van der Waals surface area contributed by atoms with Crippen LogP contribution in [0.3, 0.4) is 0 Å². The number of benzene rings is 3.